The van der Waals surface area contributed by atoms with Crippen molar-refractivity contribution in [1.29, 1.82) is 0 Å². The number of anilines is 1. The number of hydrogen-bond acceptors (Lipinski definition) is 4. The number of likely N-dealkylation sites (tertiary alicyclic amines) is 1. The summed E-state index contributed by atoms with van der Waals surface area (Å²) in [6.07, 6.45) is 3.89. The number of carbonyl (C=O) groups is 1. The summed E-state index contributed by atoms with van der Waals surface area (Å²) in [6, 6.07) is 15.2. The molecule has 2 aromatic carbocycles. The number of hydrogen-bond donors (Lipinski definition) is 1. The largest absolute Gasteiger partial charge is 0.497 e. The van der Waals surface area contributed by atoms with Crippen molar-refractivity contribution < 1.29 is 14.3 Å². The number of carbonyl (C=O) groups excluding carboxylic acids is 1. The van der Waals surface area contributed by atoms with Gasteiger partial charge in [-0.25, -0.2) is 0 Å². The van der Waals surface area contributed by atoms with Gasteiger partial charge in [0.1, 0.15) is 11.5 Å². The van der Waals surface area contributed by atoms with Crippen LogP contribution in [0.3, 0.4) is 0 Å². The van der Waals surface area contributed by atoms with E-state index in [2.05, 4.69) is 16.3 Å². The summed E-state index contributed by atoms with van der Waals surface area (Å²) in [5.41, 5.74) is 2.03. The van der Waals surface area contributed by atoms with Crippen molar-refractivity contribution in [2.45, 2.75) is 25.8 Å². The quantitative estimate of drug-likeness (QED) is 0.824. The van der Waals surface area contributed by atoms with E-state index in [-0.39, 0.29) is 12.5 Å². The second kappa shape index (κ2) is 9.25. The predicted octanol–water partition coefficient (Wildman–Crippen LogP) is 3.70. The fraction of sp³-hybridized carbons (Fsp3) is 0.381. The average molecular weight is 354 g/mol. The molecule has 5 heteroatoms. The van der Waals surface area contributed by atoms with Gasteiger partial charge >= 0.3 is 0 Å². The number of rotatable bonds is 7. The second-order valence-electron chi connectivity index (χ2n) is 6.55. The molecule has 1 heterocycles. The highest BCUT2D eigenvalue weighted by molar-refractivity contribution is 5.91. The van der Waals surface area contributed by atoms with E-state index in [1.54, 1.807) is 31.4 Å². The lowest BCUT2D eigenvalue weighted by atomic mass is 10.1. The Balaban J connectivity index is 1.49. The van der Waals surface area contributed by atoms with Gasteiger partial charge in [0.05, 0.1) is 7.11 Å². The van der Waals surface area contributed by atoms with E-state index >= 15 is 0 Å². The van der Waals surface area contributed by atoms with Crippen LogP contribution in [0.4, 0.5) is 5.69 Å². The molecule has 0 aromatic heterocycles. The van der Waals surface area contributed by atoms with Crippen molar-refractivity contribution in [3.63, 3.8) is 0 Å². The first-order chi connectivity index (χ1) is 12.7. The Morgan fingerprint density at radius 3 is 2.50 bits per heavy atom. The minimum atomic E-state index is -0.170. The van der Waals surface area contributed by atoms with E-state index in [4.69, 9.17) is 9.47 Å². The summed E-state index contributed by atoms with van der Waals surface area (Å²) in [7, 11) is 1.61. The molecule has 1 aliphatic rings. The molecule has 26 heavy (non-hydrogen) atoms. The van der Waals surface area contributed by atoms with E-state index in [1.807, 2.05) is 18.2 Å². The van der Waals surface area contributed by atoms with Crippen molar-refractivity contribution in [3.8, 4) is 11.5 Å². The van der Waals surface area contributed by atoms with E-state index in [0.29, 0.717) is 5.75 Å². The minimum absolute atomic E-state index is 0.0251. The number of nitrogens with zero attached hydrogens (tertiary/aromatic N) is 1. The summed E-state index contributed by atoms with van der Waals surface area (Å²) < 4.78 is 10.6. The molecule has 0 atom stereocenters. The van der Waals surface area contributed by atoms with Gasteiger partial charge in [-0.15, -0.1) is 0 Å². The molecule has 0 saturated carbocycles. The molecule has 1 fully saturated rings. The lowest BCUT2D eigenvalue weighted by Gasteiger charge is -2.26. The van der Waals surface area contributed by atoms with E-state index in [0.717, 1.165) is 31.1 Å². The van der Waals surface area contributed by atoms with Gasteiger partial charge in [-0.1, -0.05) is 18.6 Å². The van der Waals surface area contributed by atoms with Gasteiger partial charge in [0, 0.05) is 12.2 Å². The second-order valence-corrected chi connectivity index (χ2v) is 6.55. The summed E-state index contributed by atoms with van der Waals surface area (Å²) in [6.45, 7) is 3.23. The fourth-order valence-electron chi connectivity index (χ4n) is 3.14. The van der Waals surface area contributed by atoms with E-state index in [9.17, 15) is 4.79 Å². The van der Waals surface area contributed by atoms with E-state index in [1.165, 1.54) is 24.8 Å². The first-order valence-electron chi connectivity index (χ1n) is 9.11. The molecule has 1 aliphatic heterocycles. The van der Waals surface area contributed by atoms with Crippen molar-refractivity contribution in [2.75, 3.05) is 32.1 Å². The van der Waals surface area contributed by atoms with E-state index < -0.39 is 0 Å². The predicted molar refractivity (Wildman–Crippen MR) is 103 cm³/mol. The smallest absolute Gasteiger partial charge is 0.262 e. The first kappa shape index (κ1) is 18.3. The highest BCUT2D eigenvalue weighted by Gasteiger charge is 2.11. The van der Waals surface area contributed by atoms with Crippen molar-refractivity contribution >= 4 is 11.6 Å². The van der Waals surface area contributed by atoms with Crippen molar-refractivity contribution in [2.24, 2.45) is 0 Å². The van der Waals surface area contributed by atoms with Crippen LogP contribution < -0.4 is 14.8 Å². The Morgan fingerprint density at radius 2 is 1.77 bits per heavy atom. The van der Waals surface area contributed by atoms with Gasteiger partial charge in [0.15, 0.2) is 6.61 Å². The zero-order chi connectivity index (χ0) is 18.2. The molecule has 0 aliphatic carbocycles. The van der Waals surface area contributed by atoms with Crippen molar-refractivity contribution in [3.05, 3.63) is 54.1 Å². The Labute approximate surface area is 154 Å². The van der Waals surface area contributed by atoms with Gasteiger partial charge in [-0.05, 0) is 67.9 Å². The fourth-order valence-corrected chi connectivity index (χ4v) is 3.14. The number of amides is 1. The molecule has 0 unspecified atom stereocenters. The van der Waals surface area contributed by atoms with Crippen LogP contribution in [0.1, 0.15) is 24.8 Å². The van der Waals surface area contributed by atoms with Crippen LogP contribution in [0.25, 0.3) is 0 Å². The Morgan fingerprint density at radius 1 is 1.04 bits per heavy atom. The molecular formula is C21H26N2O3. The third-order valence-corrected chi connectivity index (χ3v) is 4.49. The zero-order valence-corrected chi connectivity index (χ0v) is 15.2. The van der Waals surface area contributed by atoms with Crippen LogP contribution >= 0.6 is 0 Å². The summed E-state index contributed by atoms with van der Waals surface area (Å²) in [5.74, 6) is 1.23. The number of benzene rings is 2. The topological polar surface area (TPSA) is 50.8 Å². The van der Waals surface area contributed by atoms with Gasteiger partial charge in [0.25, 0.3) is 5.91 Å². The lowest BCUT2D eigenvalue weighted by molar-refractivity contribution is -0.118. The Kier molecular flexibility index (Phi) is 6.50. The van der Waals surface area contributed by atoms with Gasteiger partial charge in [0.2, 0.25) is 0 Å². The minimum Gasteiger partial charge on any atom is -0.497 e. The summed E-state index contributed by atoms with van der Waals surface area (Å²) >= 11 is 0. The zero-order valence-electron chi connectivity index (χ0n) is 15.2. The average Bonchev–Trinajstić information content (AvgIpc) is 2.68. The molecule has 138 valence electrons. The van der Waals surface area contributed by atoms with Crippen molar-refractivity contribution in [1.82, 2.24) is 4.90 Å². The van der Waals surface area contributed by atoms with Gasteiger partial charge < -0.3 is 14.8 Å². The molecular weight excluding hydrogens is 328 g/mol. The standard InChI is InChI=1S/C21H26N2O3/c1-25-19-8-10-20(11-9-19)26-16-21(24)22-18-7-5-6-17(14-18)15-23-12-3-2-4-13-23/h5-11,14H,2-4,12-13,15-16H2,1H3,(H,22,24). The SMILES string of the molecule is COc1ccc(OCC(=O)Nc2cccc(CN3CCCCC3)c2)cc1. The first-order valence-corrected chi connectivity index (χ1v) is 9.11. The Hall–Kier alpha value is -2.53. The van der Waals surface area contributed by atoms with Crippen LogP contribution in [0.2, 0.25) is 0 Å². The monoisotopic (exact) mass is 354 g/mol. The Bertz CT molecular complexity index is 709. The maximum atomic E-state index is 12.1. The van der Waals surface area contributed by atoms with Gasteiger partial charge in [-0.2, -0.15) is 0 Å². The summed E-state index contributed by atoms with van der Waals surface area (Å²) in [4.78, 5) is 14.6. The molecule has 0 spiro atoms. The van der Waals surface area contributed by atoms with Gasteiger partial charge in [-0.3, -0.25) is 9.69 Å². The number of piperidine rings is 1. The molecule has 3 rings (SSSR count). The van der Waals surface area contributed by atoms with Crippen LogP contribution in [0.15, 0.2) is 48.5 Å². The third kappa shape index (κ3) is 5.49. The maximum Gasteiger partial charge on any atom is 0.262 e. The molecule has 1 saturated heterocycles. The molecule has 1 amide bonds. The van der Waals surface area contributed by atoms with Crippen LogP contribution in [0, 0.1) is 0 Å². The van der Waals surface area contributed by atoms with Crippen LogP contribution in [0.5, 0.6) is 11.5 Å². The third-order valence-electron chi connectivity index (χ3n) is 4.49. The molecule has 2 aromatic rings. The highest BCUT2D eigenvalue weighted by Crippen LogP contribution is 2.18. The number of nitrogens with one attached hydrogen (secondary N) is 1. The number of ether oxygens (including phenoxy) is 2. The normalized spacial score (nSPS) is 14.7. The van der Waals surface area contributed by atoms with Crippen LogP contribution in [-0.4, -0.2) is 37.6 Å². The highest BCUT2D eigenvalue weighted by atomic mass is 16.5. The molecule has 5 nitrogen and oxygen atoms in total. The molecule has 1 N–H and O–H groups in total. The maximum absolute atomic E-state index is 12.1. The summed E-state index contributed by atoms with van der Waals surface area (Å²) in [5, 5.41) is 2.91. The number of methoxy groups -OCH3 is 1. The van der Waals surface area contributed by atoms with Crippen LogP contribution in [-0.2, 0) is 11.3 Å². The molecule has 0 radical (unpaired) electrons. The lowest BCUT2D eigenvalue weighted by Crippen LogP contribution is -2.29. The molecule has 0 bridgehead atoms.